The number of aryl methyl sites for hydroxylation is 1. The summed E-state index contributed by atoms with van der Waals surface area (Å²) >= 11 is 0. The molecular weight excluding hydrogens is 336 g/mol. The SMILES string of the molecule is Cc1ccc(S(=O)(=O)NCc2cccc(Oc3ccccn3)c2)cc1. The van der Waals surface area contributed by atoms with Crippen molar-refractivity contribution in [2.75, 3.05) is 0 Å². The Morgan fingerprint density at radius 1 is 1.00 bits per heavy atom. The van der Waals surface area contributed by atoms with Gasteiger partial charge in [0.15, 0.2) is 0 Å². The Bertz CT molecular complexity index is 940. The molecule has 0 aliphatic heterocycles. The second kappa shape index (κ2) is 7.46. The standard InChI is InChI=1S/C19H18N2O3S/c1-15-8-10-18(11-9-15)25(22,23)21-14-16-5-4-6-17(13-16)24-19-7-2-3-12-20-19/h2-13,21H,14H2,1H3. The molecule has 0 spiro atoms. The van der Waals surface area contributed by atoms with Crippen molar-refractivity contribution in [1.82, 2.24) is 9.71 Å². The van der Waals surface area contributed by atoms with Crippen LogP contribution in [0.4, 0.5) is 0 Å². The van der Waals surface area contributed by atoms with E-state index in [-0.39, 0.29) is 11.4 Å². The first-order chi connectivity index (χ1) is 12.0. The van der Waals surface area contributed by atoms with Crippen LogP contribution in [0.1, 0.15) is 11.1 Å². The molecule has 2 aromatic carbocycles. The highest BCUT2D eigenvalue weighted by atomic mass is 32.2. The van der Waals surface area contributed by atoms with E-state index in [9.17, 15) is 8.42 Å². The molecule has 6 heteroatoms. The Morgan fingerprint density at radius 2 is 1.80 bits per heavy atom. The van der Waals surface area contributed by atoms with Gasteiger partial charge in [-0.2, -0.15) is 0 Å². The van der Waals surface area contributed by atoms with Crippen LogP contribution in [0.25, 0.3) is 0 Å². The molecule has 1 heterocycles. The molecule has 0 aliphatic carbocycles. The van der Waals surface area contributed by atoms with Crippen LogP contribution < -0.4 is 9.46 Å². The Morgan fingerprint density at radius 3 is 2.52 bits per heavy atom. The van der Waals surface area contributed by atoms with Gasteiger partial charge in [-0.25, -0.2) is 18.1 Å². The first kappa shape index (κ1) is 17.1. The number of rotatable bonds is 6. The molecule has 0 radical (unpaired) electrons. The Hall–Kier alpha value is -2.70. The average Bonchev–Trinajstić information content (AvgIpc) is 2.62. The van der Waals surface area contributed by atoms with Crippen molar-refractivity contribution in [2.45, 2.75) is 18.4 Å². The number of hydrogen-bond donors (Lipinski definition) is 1. The maximum absolute atomic E-state index is 12.3. The lowest BCUT2D eigenvalue weighted by molar-refractivity contribution is 0.462. The molecule has 0 saturated heterocycles. The van der Waals surface area contributed by atoms with E-state index in [4.69, 9.17) is 4.74 Å². The maximum Gasteiger partial charge on any atom is 0.240 e. The molecule has 0 aliphatic rings. The largest absolute Gasteiger partial charge is 0.439 e. The van der Waals surface area contributed by atoms with Gasteiger partial charge in [0, 0.05) is 18.8 Å². The summed E-state index contributed by atoms with van der Waals surface area (Å²) in [5.74, 6) is 1.09. The predicted octanol–water partition coefficient (Wildman–Crippen LogP) is 3.66. The summed E-state index contributed by atoms with van der Waals surface area (Å²) in [7, 11) is -3.55. The summed E-state index contributed by atoms with van der Waals surface area (Å²) in [6.07, 6.45) is 1.65. The molecule has 1 aromatic heterocycles. The van der Waals surface area contributed by atoms with E-state index >= 15 is 0 Å². The van der Waals surface area contributed by atoms with Gasteiger partial charge in [0.25, 0.3) is 0 Å². The minimum atomic E-state index is -3.55. The van der Waals surface area contributed by atoms with Crippen LogP contribution >= 0.6 is 0 Å². The minimum Gasteiger partial charge on any atom is -0.439 e. The smallest absolute Gasteiger partial charge is 0.240 e. The maximum atomic E-state index is 12.3. The molecule has 3 rings (SSSR count). The zero-order valence-corrected chi connectivity index (χ0v) is 14.5. The van der Waals surface area contributed by atoms with Gasteiger partial charge >= 0.3 is 0 Å². The first-order valence-electron chi connectivity index (χ1n) is 7.77. The molecule has 0 atom stereocenters. The van der Waals surface area contributed by atoms with Gasteiger partial charge in [-0.05, 0) is 42.8 Å². The van der Waals surface area contributed by atoms with Crippen LogP contribution in [0.15, 0.2) is 77.8 Å². The quantitative estimate of drug-likeness (QED) is 0.733. The number of nitrogens with zero attached hydrogens (tertiary/aromatic N) is 1. The minimum absolute atomic E-state index is 0.176. The summed E-state index contributed by atoms with van der Waals surface area (Å²) < 4.78 is 32.9. The van der Waals surface area contributed by atoms with E-state index in [0.717, 1.165) is 11.1 Å². The van der Waals surface area contributed by atoms with Crippen molar-refractivity contribution in [3.05, 3.63) is 84.1 Å². The van der Waals surface area contributed by atoms with Crippen molar-refractivity contribution < 1.29 is 13.2 Å². The molecule has 0 saturated carbocycles. The van der Waals surface area contributed by atoms with Gasteiger partial charge < -0.3 is 4.74 Å². The summed E-state index contributed by atoms with van der Waals surface area (Å²) in [5, 5.41) is 0. The highest BCUT2D eigenvalue weighted by molar-refractivity contribution is 7.89. The highest BCUT2D eigenvalue weighted by Gasteiger charge is 2.13. The molecule has 0 unspecified atom stereocenters. The lowest BCUT2D eigenvalue weighted by Crippen LogP contribution is -2.23. The molecule has 25 heavy (non-hydrogen) atoms. The fraction of sp³-hybridized carbons (Fsp3) is 0.105. The van der Waals surface area contributed by atoms with E-state index in [1.807, 2.05) is 31.2 Å². The number of sulfonamides is 1. The van der Waals surface area contributed by atoms with Gasteiger partial charge in [0.1, 0.15) is 5.75 Å². The number of aromatic nitrogens is 1. The lowest BCUT2D eigenvalue weighted by Gasteiger charge is -2.09. The third-order valence-corrected chi connectivity index (χ3v) is 4.97. The molecule has 5 nitrogen and oxygen atoms in total. The molecule has 0 bridgehead atoms. The Balaban J connectivity index is 1.69. The second-order valence-electron chi connectivity index (χ2n) is 5.56. The summed E-state index contributed by atoms with van der Waals surface area (Å²) in [6.45, 7) is 2.09. The molecule has 3 aromatic rings. The first-order valence-corrected chi connectivity index (χ1v) is 9.25. The van der Waals surface area contributed by atoms with Crippen molar-refractivity contribution in [1.29, 1.82) is 0 Å². The average molecular weight is 354 g/mol. The zero-order valence-electron chi connectivity index (χ0n) is 13.7. The van der Waals surface area contributed by atoms with Crippen molar-refractivity contribution >= 4 is 10.0 Å². The monoisotopic (exact) mass is 354 g/mol. The predicted molar refractivity (Wildman–Crippen MR) is 96.0 cm³/mol. The van der Waals surface area contributed by atoms with Crippen LogP contribution in [0, 0.1) is 6.92 Å². The number of benzene rings is 2. The second-order valence-corrected chi connectivity index (χ2v) is 7.32. The van der Waals surface area contributed by atoms with Crippen molar-refractivity contribution in [3.8, 4) is 11.6 Å². The summed E-state index contributed by atoms with van der Waals surface area (Å²) in [6, 6.07) is 19.4. The van der Waals surface area contributed by atoms with E-state index in [1.54, 1.807) is 48.7 Å². The normalized spacial score (nSPS) is 11.2. The summed E-state index contributed by atoms with van der Waals surface area (Å²) in [4.78, 5) is 4.35. The number of hydrogen-bond acceptors (Lipinski definition) is 4. The number of pyridine rings is 1. The van der Waals surface area contributed by atoms with Crippen LogP contribution in [0.3, 0.4) is 0 Å². The van der Waals surface area contributed by atoms with Gasteiger partial charge in [-0.1, -0.05) is 35.9 Å². The lowest BCUT2D eigenvalue weighted by atomic mass is 10.2. The van der Waals surface area contributed by atoms with E-state index in [2.05, 4.69) is 9.71 Å². The van der Waals surface area contributed by atoms with Crippen molar-refractivity contribution in [2.24, 2.45) is 0 Å². The van der Waals surface area contributed by atoms with Crippen molar-refractivity contribution in [3.63, 3.8) is 0 Å². The van der Waals surface area contributed by atoms with E-state index in [1.165, 1.54) is 0 Å². The topological polar surface area (TPSA) is 68.3 Å². The highest BCUT2D eigenvalue weighted by Crippen LogP contribution is 2.20. The number of nitrogens with one attached hydrogen (secondary N) is 1. The zero-order chi connectivity index (χ0) is 17.7. The van der Waals surface area contributed by atoms with Crippen LogP contribution in [0.2, 0.25) is 0 Å². The fourth-order valence-electron chi connectivity index (χ4n) is 2.23. The molecule has 0 amide bonds. The summed E-state index contributed by atoms with van der Waals surface area (Å²) in [5.41, 5.74) is 1.81. The van der Waals surface area contributed by atoms with Crippen LogP contribution in [0.5, 0.6) is 11.6 Å². The third kappa shape index (κ3) is 4.65. The van der Waals surface area contributed by atoms with Gasteiger partial charge in [0.2, 0.25) is 15.9 Å². The third-order valence-electron chi connectivity index (χ3n) is 3.56. The van der Waals surface area contributed by atoms with Crippen LogP contribution in [-0.2, 0) is 16.6 Å². The van der Waals surface area contributed by atoms with Crippen LogP contribution in [-0.4, -0.2) is 13.4 Å². The van der Waals surface area contributed by atoms with E-state index < -0.39 is 10.0 Å². The van der Waals surface area contributed by atoms with Gasteiger partial charge in [-0.3, -0.25) is 0 Å². The molecule has 0 fully saturated rings. The Kier molecular flexibility index (Phi) is 5.11. The molecule has 128 valence electrons. The van der Waals surface area contributed by atoms with Gasteiger partial charge in [-0.15, -0.1) is 0 Å². The van der Waals surface area contributed by atoms with Gasteiger partial charge in [0.05, 0.1) is 4.90 Å². The Labute approximate surface area is 147 Å². The van der Waals surface area contributed by atoms with E-state index in [0.29, 0.717) is 11.6 Å². The fourth-order valence-corrected chi connectivity index (χ4v) is 3.24. The number of ether oxygens (including phenoxy) is 1. The molecule has 1 N–H and O–H groups in total. The molecular formula is C19H18N2O3S.